The summed E-state index contributed by atoms with van der Waals surface area (Å²) in [5.41, 5.74) is 4.43. The topological polar surface area (TPSA) is 129 Å². The van der Waals surface area contributed by atoms with E-state index in [-0.39, 0.29) is 16.1 Å². The van der Waals surface area contributed by atoms with E-state index >= 15 is 0 Å². The number of benzene rings is 1. The Morgan fingerprint density at radius 3 is 2.90 bits per heavy atom. The predicted octanol–water partition coefficient (Wildman–Crippen LogP) is 2.61. The van der Waals surface area contributed by atoms with Gasteiger partial charge in [-0.3, -0.25) is 4.79 Å². The molecule has 1 aromatic heterocycles. The first-order valence-corrected chi connectivity index (χ1v) is 12.2. The predicted molar refractivity (Wildman–Crippen MR) is 113 cm³/mol. The zero-order valence-corrected chi connectivity index (χ0v) is 17.8. The van der Waals surface area contributed by atoms with E-state index in [1.807, 2.05) is 6.07 Å². The number of hydrogen-bond donors (Lipinski definition) is 2. The molecular formula is C21H23N5O4S. The molecule has 31 heavy (non-hydrogen) atoms. The molecular weight excluding hydrogens is 418 g/mol. The van der Waals surface area contributed by atoms with Crippen molar-refractivity contribution in [2.75, 3.05) is 11.9 Å². The number of ketones is 1. The average molecular weight is 442 g/mol. The van der Waals surface area contributed by atoms with Crippen molar-refractivity contribution in [3.63, 3.8) is 0 Å². The Morgan fingerprint density at radius 1 is 1.26 bits per heavy atom. The van der Waals surface area contributed by atoms with Gasteiger partial charge in [-0.15, -0.1) is 4.36 Å². The highest BCUT2D eigenvalue weighted by Gasteiger charge is 2.48. The number of nitrogens with one attached hydrogen (secondary N) is 1. The fourth-order valence-corrected chi connectivity index (χ4v) is 6.01. The summed E-state index contributed by atoms with van der Waals surface area (Å²) in [6.07, 6.45) is 7.26. The number of nitrogens with two attached hydrogens (primary N) is 1. The van der Waals surface area contributed by atoms with Gasteiger partial charge in [0, 0.05) is 23.1 Å². The second-order valence-electron chi connectivity index (χ2n) is 9.04. The molecule has 2 heterocycles. The molecule has 1 saturated carbocycles. The van der Waals surface area contributed by atoms with Gasteiger partial charge in [-0.25, -0.2) is 18.8 Å². The van der Waals surface area contributed by atoms with Crippen molar-refractivity contribution in [1.29, 1.82) is 0 Å². The molecule has 1 spiro atoms. The van der Waals surface area contributed by atoms with E-state index in [2.05, 4.69) is 14.8 Å². The molecule has 0 saturated heterocycles. The summed E-state index contributed by atoms with van der Waals surface area (Å²) in [4.78, 5) is 25.2. The van der Waals surface area contributed by atoms with E-state index in [1.54, 1.807) is 4.68 Å². The van der Waals surface area contributed by atoms with E-state index in [4.69, 9.17) is 9.88 Å². The number of fused-ring (bicyclic) bond motifs is 3. The molecule has 2 amide bonds. The smallest absolute Gasteiger partial charge is 0.354 e. The van der Waals surface area contributed by atoms with Gasteiger partial charge in [-0.2, -0.15) is 5.10 Å². The number of aromatic nitrogens is 2. The number of ether oxygens (including phenoxy) is 1. The highest BCUT2D eigenvalue weighted by Crippen LogP contribution is 2.50. The van der Waals surface area contributed by atoms with Gasteiger partial charge in [-0.1, -0.05) is 0 Å². The SMILES string of the molecule is NS(=O)(=NC(=O)Nc1c2c(cc3c1CCC3=O)CCC2)c1cnn2c1OCC1(CC1)C2. The molecule has 9 nitrogen and oxygen atoms in total. The van der Waals surface area contributed by atoms with Gasteiger partial charge in [0.05, 0.1) is 19.3 Å². The zero-order valence-electron chi connectivity index (χ0n) is 17.0. The maximum Gasteiger partial charge on any atom is 0.354 e. The van der Waals surface area contributed by atoms with E-state index in [1.165, 1.54) is 6.20 Å². The third-order valence-electron chi connectivity index (χ3n) is 6.89. The van der Waals surface area contributed by atoms with Crippen LogP contribution < -0.4 is 15.2 Å². The lowest BCUT2D eigenvalue weighted by Gasteiger charge is -2.24. The second-order valence-corrected chi connectivity index (χ2v) is 10.8. The molecule has 1 aliphatic heterocycles. The number of amides is 2. The standard InChI is InChI=1S/C21H23N5O4S/c22-31(29,17-9-23-26-10-21(6-7-21)11-30-19(17)26)25-20(28)24-18-13-3-1-2-12(13)8-15-14(18)4-5-16(15)27/h8-9H,1-7,10-11H2,(H3,22,24,25,28,29). The minimum Gasteiger partial charge on any atom is -0.476 e. The Hall–Kier alpha value is -2.72. The second kappa shape index (κ2) is 6.39. The average Bonchev–Trinajstić information content (AvgIpc) is 3.09. The van der Waals surface area contributed by atoms with Crippen LogP contribution in [0.5, 0.6) is 5.88 Å². The number of hydrogen-bond acceptors (Lipinski definition) is 5. The van der Waals surface area contributed by atoms with Crippen LogP contribution in [0.25, 0.3) is 0 Å². The number of Topliss-reactive ketones (excluding diaryl/α,β-unsaturated/α-hetero) is 1. The fourth-order valence-electron chi connectivity index (χ4n) is 5.00. The quantitative estimate of drug-likeness (QED) is 0.740. The molecule has 2 aromatic rings. The molecule has 0 bridgehead atoms. The van der Waals surface area contributed by atoms with Crippen LogP contribution in [0, 0.1) is 5.41 Å². The van der Waals surface area contributed by atoms with Crippen LogP contribution in [0.1, 0.15) is 52.7 Å². The molecule has 4 aliphatic rings. The summed E-state index contributed by atoms with van der Waals surface area (Å²) < 4.78 is 24.5. The molecule has 6 rings (SSSR count). The number of carbonyl (C=O) groups is 2. The first-order chi connectivity index (χ1) is 14.9. The van der Waals surface area contributed by atoms with E-state index < -0.39 is 15.9 Å². The highest BCUT2D eigenvalue weighted by molar-refractivity contribution is 7.91. The van der Waals surface area contributed by atoms with Crippen molar-refractivity contribution < 1.29 is 18.5 Å². The molecule has 1 fully saturated rings. The van der Waals surface area contributed by atoms with Crippen LogP contribution in [0.15, 0.2) is 21.5 Å². The largest absolute Gasteiger partial charge is 0.476 e. The van der Waals surface area contributed by atoms with Gasteiger partial charge in [0.1, 0.15) is 4.90 Å². The Bertz CT molecular complexity index is 1280. The van der Waals surface area contributed by atoms with Crippen molar-refractivity contribution in [2.45, 2.75) is 56.4 Å². The minimum absolute atomic E-state index is 0.0943. The van der Waals surface area contributed by atoms with Crippen molar-refractivity contribution in [3.05, 3.63) is 34.5 Å². The molecule has 3 N–H and O–H groups in total. The minimum atomic E-state index is -3.55. The summed E-state index contributed by atoms with van der Waals surface area (Å²) in [6, 6.07) is 1.18. The Morgan fingerprint density at radius 2 is 2.10 bits per heavy atom. The molecule has 162 valence electrons. The normalized spacial score (nSPS) is 21.6. The third-order valence-corrected chi connectivity index (χ3v) is 8.24. The Balaban J connectivity index is 1.33. The van der Waals surface area contributed by atoms with Gasteiger partial charge in [0.25, 0.3) is 0 Å². The van der Waals surface area contributed by atoms with Gasteiger partial charge in [-0.05, 0) is 61.3 Å². The van der Waals surface area contributed by atoms with E-state index in [0.717, 1.165) is 48.8 Å². The van der Waals surface area contributed by atoms with Crippen molar-refractivity contribution in [2.24, 2.45) is 14.9 Å². The number of urea groups is 1. The number of carbonyl (C=O) groups excluding carboxylic acids is 2. The maximum atomic E-state index is 13.2. The summed E-state index contributed by atoms with van der Waals surface area (Å²) in [6.45, 7) is 1.23. The van der Waals surface area contributed by atoms with Crippen LogP contribution in [0.2, 0.25) is 0 Å². The van der Waals surface area contributed by atoms with Gasteiger partial charge >= 0.3 is 6.03 Å². The lowest BCUT2D eigenvalue weighted by atomic mass is 9.98. The van der Waals surface area contributed by atoms with E-state index in [9.17, 15) is 13.8 Å². The maximum absolute atomic E-state index is 13.2. The van der Waals surface area contributed by atoms with Crippen LogP contribution in [0.4, 0.5) is 10.5 Å². The number of nitrogens with zero attached hydrogens (tertiary/aromatic N) is 3. The van der Waals surface area contributed by atoms with E-state index in [0.29, 0.717) is 43.1 Å². The fraction of sp³-hybridized carbons (Fsp3) is 0.476. The van der Waals surface area contributed by atoms with Crippen LogP contribution in [-0.4, -0.2) is 32.4 Å². The molecule has 1 aromatic carbocycles. The van der Waals surface area contributed by atoms with Crippen molar-refractivity contribution >= 4 is 27.4 Å². The zero-order chi connectivity index (χ0) is 21.4. The molecule has 1 unspecified atom stereocenters. The number of rotatable bonds is 2. The monoisotopic (exact) mass is 441 g/mol. The summed E-state index contributed by atoms with van der Waals surface area (Å²) in [5.74, 6) is 0.422. The van der Waals surface area contributed by atoms with Crippen molar-refractivity contribution in [3.8, 4) is 5.88 Å². The summed E-state index contributed by atoms with van der Waals surface area (Å²) in [5, 5.41) is 13.1. The highest BCUT2D eigenvalue weighted by atomic mass is 32.2. The molecule has 10 heteroatoms. The number of aryl methyl sites for hydroxylation is 1. The number of anilines is 1. The lowest BCUT2D eigenvalue weighted by molar-refractivity contribution is 0.0994. The summed E-state index contributed by atoms with van der Waals surface area (Å²) >= 11 is 0. The molecule has 1 atom stereocenters. The van der Waals surface area contributed by atoms with Gasteiger partial charge < -0.3 is 10.1 Å². The van der Waals surface area contributed by atoms with Crippen LogP contribution in [0.3, 0.4) is 0 Å². The van der Waals surface area contributed by atoms with Crippen LogP contribution >= 0.6 is 0 Å². The summed E-state index contributed by atoms with van der Waals surface area (Å²) in [7, 11) is -3.55. The Labute approximate surface area is 179 Å². The van der Waals surface area contributed by atoms with Gasteiger partial charge in [0.2, 0.25) is 5.88 Å². The molecule has 0 radical (unpaired) electrons. The first-order valence-electron chi connectivity index (χ1n) is 10.6. The lowest BCUT2D eigenvalue weighted by Crippen LogP contribution is -2.28. The van der Waals surface area contributed by atoms with Crippen LogP contribution in [-0.2, 0) is 35.7 Å². The van der Waals surface area contributed by atoms with Gasteiger partial charge in [0.15, 0.2) is 15.7 Å². The Kier molecular flexibility index (Phi) is 3.92. The first kappa shape index (κ1) is 19.0. The molecule has 3 aliphatic carbocycles. The third kappa shape index (κ3) is 3.00. The van der Waals surface area contributed by atoms with Crippen molar-refractivity contribution in [1.82, 2.24) is 9.78 Å².